The zero-order valence-corrected chi connectivity index (χ0v) is 16.4. The monoisotopic (exact) mass is 399 g/mol. The van der Waals surface area contributed by atoms with Crippen LogP contribution in [0.25, 0.3) is 10.6 Å². The van der Waals surface area contributed by atoms with Gasteiger partial charge in [0.1, 0.15) is 5.01 Å². The van der Waals surface area contributed by atoms with Gasteiger partial charge in [-0.05, 0) is 30.7 Å². The molecule has 2 aromatic carbocycles. The molecule has 0 aliphatic heterocycles. The lowest BCUT2D eigenvalue weighted by molar-refractivity contribution is -0.116. The van der Waals surface area contributed by atoms with Crippen LogP contribution < -0.4 is 10.6 Å². The van der Waals surface area contributed by atoms with E-state index in [9.17, 15) is 9.59 Å². The minimum absolute atomic E-state index is 0.156. The number of nitrogens with one attached hydrogen (secondary N) is 2. The molecule has 2 N–H and O–H groups in total. The van der Waals surface area contributed by atoms with Crippen LogP contribution in [-0.2, 0) is 16.0 Å². The van der Waals surface area contributed by atoms with Gasteiger partial charge in [0.25, 0.3) is 0 Å². The predicted molar refractivity (Wildman–Crippen MR) is 110 cm³/mol. The molecule has 5 nitrogen and oxygen atoms in total. The number of amides is 2. The zero-order valence-electron chi connectivity index (χ0n) is 14.9. The van der Waals surface area contributed by atoms with Crippen molar-refractivity contribution < 1.29 is 9.59 Å². The molecule has 0 saturated carbocycles. The van der Waals surface area contributed by atoms with Crippen molar-refractivity contribution in [2.24, 2.45) is 0 Å². The van der Waals surface area contributed by atoms with Gasteiger partial charge >= 0.3 is 0 Å². The highest BCUT2D eigenvalue weighted by Gasteiger charge is 2.13. The molecule has 1 heterocycles. The summed E-state index contributed by atoms with van der Waals surface area (Å²) in [5.74, 6) is -0.328. The molecule has 0 aliphatic rings. The molecular weight excluding hydrogens is 382 g/mol. The molecular formula is C20H18ClN3O2S. The van der Waals surface area contributed by atoms with Crippen LogP contribution in [0.1, 0.15) is 18.2 Å². The Morgan fingerprint density at radius 2 is 1.78 bits per heavy atom. The molecule has 3 rings (SSSR count). The van der Waals surface area contributed by atoms with Gasteiger partial charge < -0.3 is 10.6 Å². The lowest BCUT2D eigenvalue weighted by Gasteiger charge is -2.12. The van der Waals surface area contributed by atoms with Gasteiger partial charge in [-0.15, -0.1) is 11.3 Å². The maximum Gasteiger partial charge on any atom is 0.230 e. The number of thiazole rings is 1. The molecule has 0 aliphatic carbocycles. The van der Waals surface area contributed by atoms with E-state index >= 15 is 0 Å². The number of carbonyl (C=O) groups excluding carboxylic acids is 2. The van der Waals surface area contributed by atoms with Crippen LogP contribution >= 0.6 is 22.9 Å². The zero-order chi connectivity index (χ0) is 19.4. The second kappa shape index (κ2) is 8.33. The van der Waals surface area contributed by atoms with Crippen molar-refractivity contribution in [1.82, 2.24) is 4.98 Å². The first-order chi connectivity index (χ1) is 12.9. The van der Waals surface area contributed by atoms with E-state index in [4.69, 9.17) is 11.6 Å². The molecule has 0 saturated heterocycles. The summed E-state index contributed by atoms with van der Waals surface area (Å²) in [4.78, 5) is 28.2. The molecule has 7 heteroatoms. The first-order valence-electron chi connectivity index (χ1n) is 8.30. The lowest BCUT2D eigenvalue weighted by Crippen LogP contribution is -2.16. The van der Waals surface area contributed by atoms with Gasteiger partial charge in [0.15, 0.2) is 0 Å². The van der Waals surface area contributed by atoms with E-state index in [1.807, 2.05) is 36.6 Å². The van der Waals surface area contributed by atoms with Crippen LogP contribution in [0.15, 0.2) is 47.8 Å². The number of nitrogens with zero attached hydrogens (tertiary/aromatic N) is 1. The quantitative estimate of drug-likeness (QED) is 0.640. The topological polar surface area (TPSA) is 71.1 Å². The summed E-state index contributed by atoms with van der Waals surface area (Å²) in [5, 5.41) is 8.91. The number of hydrogen-bond donors (Lipinski definition) is 2. The summed E-state index contributed by atoms with van der Waals surface area (Å²) in [6, 6.07) is 12.9. The molecule has 0 spiro atoms. The van der Waals surface area contributed by atoms with Gasteiger partial charge in [-0.1, -0.05) is 35.9 Å². The van der Waals surface area contributed by atoms with Crippen molar-refractivity contribution in [3.8, 4) is 10.6 Å². The summed E-state index contributed by atoms with van der Waals surface area (Å²) in [6.07, 6.45) is 0.157. The fourth-order valence-electron chi connectivity index (χ4n) is 2.60. The van der Waals surface area contributed by atoms with E-state index in [-0.39, 0.29) is 18.2 Å². The third kappa shape index (κ3) is 4.72. The average Bonchev–Trinajstić information content (AvgIpc) is 3.06. The standard InChI is InChI=1S/C20H18ClN3O2S/c1-12-17(22-13(2)25)8-5-9-18(12)24-19(26)10-14-11-27-20(23-14)15-6-3-4-7-16(15)21/h3-9,11H,10H2,1-2H3,(H,22,25)(H,24,26). The Morgan fingerprint density at radius 1 is 1.07 bits per heavy atom. The van der Waals surface area contributed by atoms with Crippen molar-refractivity contribution in [3.63, 3.8) is 0 Å². The molecule has 0 bridgehead atoms. The molecule has 0 radical (unpaired) electrons. The van der Waals surface area contributed by atoms with E-state index in [2.05, 4.69) is 15.6 Å². The number of halogens is 1. The van der Waals surface area contributed by atoms with Crippen molar-refractivity contribution in [3.05, 3.63) is 64.1 Å². The molecule has 0 unspecified atom stereocenters. The molecule has 0 fully saturated rings. The minimum Gasteiger partial charge on any atom is -0.326 e. The molecule has 1 aromatic heterocycles. The molecule has 27 heavy (non-hydrogen) atoms. The van der Waals surface area contributed by atoms with Crippen molar-refractivity contribution in [2.45, 2.75) is 20.3 Å². The van der Waals surface area contributed by atoms with Gasteiger partial charge in [0.2, 0.25) is 11.8 Å². The van der Waals surface area contributed by atoms with Gasteiger partial charge in [0, 0.05) is 29.2 Å². The number of anilines is 2. The lowest BCUT2D eigenvalue weighted by atomic mass is 10.1. The SMILES string of the molecule is CC(=O)Nc1cccc(NC(=O)Cc2csc(-c3ccccc3Cl)n2)c1C. The summed E-state index contributed by atoms with van der Waals surface area (Å²) in [5.41, 5.74) is 3.68. The van der Waals surface area contributed by atoms with Crippen molar-refractivity contribution in [2.75, 3.05) is 10.6 Å². The molecule has 138 valence electrons. The molecule has 0 atom stereocenters. The normalized spacial score (nSPS) is 10.5. The highest BCUT2D eigenvalue weighted by atomic mass is 35.5. The maximum atomic E-state index is 12.4. The Labute approximate surface area is 166 Å². The van der Waals surface area contributed by atoms with Crippen molar-refractivity contribution in [1.29, 1.82) is 0 Å². The van der Waals surface area contributed by atoms with E-state index < -0.39 is 0 Å². The third-order valence-electron chi connectivity index (χ3n) is 3.92. The van der Waals surface area contributed by atoms with Gasteiger partial charge in [0.05, 0.1) is 17.1 Å². The number of carbonyl (C=O) groups is 2. The highest BCUT2D eigenvalue weighted by molar-refractivity contribution is 7.13. The van der Waals surface area contributed by atoms with Crippen molar-refractivity contribution >= 4 is 46.1 Å². The smallest absolute Gasteiger partial charge is 0.230 e. The summed E-state index contributed by atoms with van der Waals surface area (Å²) < 4.78 is 0. The van der Waals surface area contributed by atoms with Crippen LogP contribution in [0, 0.1) is 6.92 Å². The van der Waals surface area contributed by atoms with Crippen LogP contribution in [0.2, 0.25) is 5.02 Å². The van der Waals surface area contributed by atoms with Gasteiger partial charge in [-0.3, -0.25) is 9.59 Å². The Balaban J connectivity index is 1.70. The predicted octanol–water partition coefficient (Wildman–Crippen LogP) is 4.91. The first kappa shape index (κ1) is 19.1. The van der Waals surface area contributed by atoms with Crippen LogP contribution in [0.3, 0.4) is 0 Å². The second-order valence-corrected chi connectivity index (χ2v) is 7.27. The average molecular weight is 400 g/mol. The summed E-state index contributed by atoms with van der Waals surface area (Å²) in [7, 11) is 0. The van der Waals surface area contributed by atoms with Gasteiger partial charge in [-0.2, -0.15) is 0 Å². The Kier molecular flexibility index (Phi) is 5.88. The number of aromatic nitrogens is 1. The molecule has 3 aromatic rings. The summed E-state index contributed by atoms with van der Waals surface area (Å²) >= 11 is 7.66. The highest BCUT2D eigenvalue weighted by Crippen LogP contribution is 2.30. The van der Waals surface area contributed by atoms with Crippen LogP contribution in [0.4, 0.5) is 11.4 Å². The number of hydrogen-bond acceptors (Lipinski definition) is 4. The Bertz CT molecular complexity index is 1000. The van der Waals surface area contributed by atoms with Crippen LogP contribution in [-0.4, -0.2) is 16.8 Å². The van der Waals surface area contributed by atoms with E-state index in [1.165, 1.54) is 18.3 Å². The van der Waals surface area contributed by atoms with Crippen LogP contribution in [0.5, 0.6) is 0 Å². The van der Waals surface area contributed by atoms with E-state index in [0.717, 1.165) is 16.1 Å². The second-order valence-electron chi connectivity index (χ2n) is 6.01. The fourth-order valence-corrected chi connectivity index (χ4v) is 3.74. The van der Waals surface area contributed by atoms with E-state index in [0.29, 0.717) is 22.1 Å². The Hall–Kier alpha value is -2.70. The minimum atomic E-state index is -0.172. The number of benzene rings is 2. The third-order valence-corrected chi connectivity index (χ3v) is 5.17. The van der Waals surface area contributed by atoms with E-state index in [1.54, 1.807) is 18.2 Å². The largest absolute Gasteiger partial charge is 0.326 e. The fraction of sp³-hybridized carbons (Fsp3) is 0.150. The maximum absolute atomic E-state index is 12.4. The summed E-state index contributed by atoms with van der Waals surface area (Å²) in [6.45, 7) is 3.29. The Morgan fingerprint density at radius 3 is 2.48 bits per heavy atom. The first-order valence-corrected chi connectivity index (χ1v) is 9.56. The van der Waals surface area contributed by atoms with Gasteiger partial charge in [-0.25, -0.2) is 4.98 Å². The number of rotatable bonds is 5. The molecule has 2 amide bonds.